The Morgan fingerprint density at radius 1 is 1.45 bits per heavy atom. The Morgan fingerprint density at radius 3 is 2.70 bits per heavy atom. The number of carbonyl (C=O) groups excluding carboxylic acids is 1. The van der Waals surface area contributed by atoms with Gasteiger partial charge in [-0.1, -0.05) is 0 Å². The monoisotopic (exact) mass is 340 g/mol. The molecule has 0 bridgehead atoms. The molecule has 2 aromatic rings. The summed E-state index contributed by atoms with van der Waals surface area (Å²) < 4.78 is 9.55. The predicted octanol–water partition coefficient (Wildman–Crippen LogP) is 2.22. The van der Waals surface area contributed by atoms with Gasteiger partial charge < -0.3 is 4.74 Å². The summed E-state index contributed by atoms with van der Waals surface area (Å²) >= 11 is 3.50. The number of halogens is 1. The second-order valence-electron chi connectivity index (χ2n) is 4.49. The summed E-state index contributed by atoms with van der Waals surface area (Å²) in [5, 5.41) is 8.59. The molecule has 2 aromatic heterocycles. The summed E-state index contributed by atoms with van der Waals surface area (Å²) in [6.07, 6.45) is 1.54. The van der Waals surface area contributed by atoms with Crippen molar-refractivity contribution >= 4 is 21.9 Å². The highest BCUT2D eigenvalue weighted by Crippen LogP contribution is 2.21. The highest BCUT2D eigenvalue weighted by atomic mass is 79.9. The summed E-state index contributed by atoms with van der Waals surface area (Å²) in [6.45, 7) is 6.52. The first kappa shape index (κ1) is 14.8. The Balaban J connectivity index is 2.36. The zero-order valence-electron chi connectivity index (χ0n) is 12.0. The molecule has 2 heterocycles. The molecule has 0 N–H and O–H groups in total. The predicted molar refractivity (Wildman–Crippen MR) is 77.7 cm³/mol. The van der Waals surface area contributed by atoms with Crippen LogP contribution in [0.15, 0.2) is 10.7 Å². The van der Waals surface area contributed by atoms with E-state index in [9.17, 15) is 4.79 Å². The molecule has 0 aromatic carbocycles. The number of aryl methyl sites for hydroxylation is 2. The molecule has 7 heteroatoms. The SMILES string of the molecule is CCOC(=O)c1cnn(C)c1Cn1nc(C)c(Br)c1C. The third kappa shape index (κ3) is 2.63. The third-order valence-electron chi connectivity index (χ3n) is 3.15. The van der Waals surface area contributed by atoms with E-state index in [1.807, 2.05) is 18.5 Å². The standard InChI is InChI=1S/C13H17BrN4O2/c1-5-20-13(19)10-6-15-17(4)11(10)7-18-9(3)12(14)8(2)16-18/h6H,5,7H2,1-4H3. The van der Waals surface area contributed by atoms with Crippen molar-refractivity contribution in [3.63, 3.8) is 0 Å². The molecule has 0 atom stereocenters. The van der Waals surface area contributed by atoms with Gasteiger partial charge in [-0.15, -0.1) is 0 Å². The van der Waals surface area contributed by atoms with E-state index in [1.54, 1.807) is 18.7 Å². The minimum absolute atomic E-state index is 0.346. The van der Waals surface area contributed by atoms with E-state index < -0.39 is 0 Å². The first-order valence-electron chi connectivity index (χ1n) is 6.33. The molecule has 0 saturated carbocycles. The summed E-state index contributed by atoms with van der Waals surface area (Å²) in [7, 11) is 1.80. The lowest BCUT2D eigenvalue weighted by Gasteiger charge is -2.08. The highest BCUT2D eigenvalue weighted by molar-refractivity contribution is 9.10. The van der Waals surface area contributed by atoms with Crippen molar-refractivity contribution in [3.05, 3.63) is 33.3 Å². The summed E-state index contributed by atoms with van der Waals surface area (Å²) in [4.78, 5) is 11.9. The van der Waals surface area contributed by atoms with Crippen LogP contribution in [-0.2, 0) is 18.3 Å². The fourth-order valence-corrected chi connectivity index (χ4v) is 2.28. The number of aromatic nitrogens is 4. The van der Waals surface area contributed by atoms with Gasteiger partial charge in [-0.05, 0) is 36.7 Å². The minimum atomic E-state index is -0.351. The van der Waals surface area contributed by atoms with Gasteiger partial charge in [0.25, 0.3) is 0 Å². The van der Waals surface area contributed by atoms with E-state index >= 15 is 0 Å². The van der Waals surface area contributed by atoms with Crippen molar-refractivity contribution in [1.29, 1.82) is 0 Å². The molecule has 0 aliphatic rings. The minimum Gasteiger partial charge on any atom is -0.462 e. The molecule has 0 aliphatic carbocycles. The van der Waals surface area contributed by atoms with Crippen LogP contribution in [-0.4, -0.2) is 32.1 Å². The van der Waals surface area contributed by atoms with Crippen LogP contribution in [0.2, 0.25) is 0 Å². The van der Waals surface area contributed by atoms with Gasteiger partial charge in [0.05, 0.1) is 40.9 Å². The molecule has 0 amide bonds. The molecule has 20 heavy (non-hydrogen) atoms. The normalized spacial score (nSPS) is 10.8. The molecule has 0 spiro atoms. The van der Waals surface area contributed by atoms with Crippen LogP contribution in [0.1, 0.15) is 34.4 Å². The topological polar surface area (TPSA) is 61.9 Å². The van der Waals surface area contributed by atoms with Gasteiger partial charge in [-0.3, -0.25) is 9.36 Å². The molecule has 0 aliphatic heterocycles. The van der Waals surface area contributed by atoms with Crippen molar-refractivity contribution < 1.29 is 9.53 Å². The van der Waals surface area contributed by atoms with Crippen molar-refractivity contribution in [2.24, 2.45) is 7.05 Å². The molecule has 6 nitrogen and oxygen atoms in total. The molecule has 0 fully saturated rings. The maximum atomic E-state index is 11.9. The van der Waals surface area contributed by atoms with Crippen LogP contribution < -0.4 is 0 Å². The number of ether oxygens (including phenoxy) is 1. The quantitative estimate of drug-likeness (QED) is 0.800. The van der Waals surface area contributed by atoms with Crippen LogP contribution in [0.25, 0.3) is 0 Å². The Morgan fingerprint density at radius 2 is 2.15 bits per heavy atom. The smallest absolute Gasteiger partial charge is 0.341 e. The fourth-order valence-electron chi connectivity index (χ4n) is 2.00. The Labute approximate surface area is 125 Å². The van der Waals surface area contributed by atoms with Gasteiger partial charge >= 0.3 is 5.97 Å². The number of carbonyl (C=O) groups is 1. The number of hydrogen-bond donors (Lipinski definition) is 0. The zero-order valence-corrected chi connectivity index (χ0v) is 13.6. The number of nitrogens with zero attached hydrogens (tertiary/aromatic N) is 4. The van der Waals surface area contributed by atoms with Crippen molar-refractivity contribution in [2.75, 3.05) is 6.61 Å². The van der Waals surface area contributed by atoms with Gasteiger partial charge in [-0.2, -0.15) is 10.2 Å². The molecule has 108 valence electrons. The van der Waals surface area contributed by atoms with E-state index in [-0.39, 0.29) is 5.97 Å². The van der Waals surface area contributed by atoms with E-state index in [0.29, 0.717) is 18.7 Å². The lowest BCUT2D eigenvalue weighted by molar-refractivity contribution is 0.0524. The largest absolute Gasteiger partial charge is 0.462 e. The molecule has 0 unspecified atom stereocenters. The van der Waals surface area contributed by atoms with Crippen molar-refractivity contribution in [3.8, 4) is 0 Å². The molecule has 0 radical (unpaired) electrons. The summed E-state index contributed by atoms with van der Waals surface area (Å²) in [6, 6.07) is 0. The van der Waals surface area contributed by atoms with E-state index in [1.165, 1.54) is 6.20 Å². The van der Waals surface area contributed by atoms with Crippen LogP contribution in [0.4, 0.5) is 0 Å². The Bertz CT molecular complexity index is 645. The first-order chi connectivity index (χ1) is 9.45. The Hall–Kier alpha value is -1.63. The van der Waals surface area contributed by atoms with Gasteiger partial charge in [0.1, 0.15) is 5.56 Å². The van der Waals surface area contributed by atoms with E-state index in [0.717, 1.165) is 21.6 Å². The second-order valence-corrected chi connectivity index (χ2v) is 5.28. The van der Waals surface area contributed by atoms with E-state index in [4.69, 9.17) is 4.74 Å². The average molecular weight is 341 g/mol. The van der Waals surface area contributed by atoms with Gasteiger partial charge in [-0.25, -0.2) is 4.79 Å². The molecular weight excluding hydrogens is 324 g/mol. The third-order valence-corrected chi connectivity index (χ3v) is 4.30. The second kappa shape index (κ2) is 5.78. The van der Waals surface area contributed by atoms with Crippen LogP contribution in [0.3, 0.4) is 0 Å². The van der Waals surface area contributed by atoms with Crippen molar-refractivity contribution in [1.82, 2.24) is 19.6 Å². The lowest BCUT2D eigenvalue weighted by atomic mass is 10.2. The first-order valence-corrected chi connectivity index (χ1v) is 7.12. The highest BCUT2D eigenvalue weighted by Gasteiger charge is 2.19. The van der Waals surface area contributed by atoms with E-state index in [2.05, 4.69) is 26.1 Å². The summed E-state index contributed by atoms with van der Waals surface area (Å²) in [5.41, 5.74) is 3.19. The maximum absolute atomic E-state index is 11.9. The number of rotatable bonds is 4. The Kier molecular flexibility index (Phi) is 4.27. The number of esters is 1. The van der Waals surface area contributed by atoms with Crippen molar-refractivity contribution in [2.45, 2.75) is 27.3 Å². The number of hydrogen-bond acceptors (Lipinski definition) is 4. The molecule has 2 rings (SSSR count). The zero-order chi connectivity index (χ0) is 14.9. The lowest BCUT2D eigenvalue weighted by Crippen LogP contribution is -2.14. The van der Waals surface area contributed by atoms with Gasteiger partial charge in [0.15, 0.2) is 0 Å². The van der Waals surface area contributed by atoms with Crippen LogP contribution >= 0.6 is 15.9 Å². The fraction of sp³-hybridized carbons (Fsp3) is 0.462. The van der Waals surface area contributed by atoms with Crippen LogP contribution in [0, 0.1) is 13.8 Å². The van der Waals surface area contributed by atoms with Gasteiger partial charge in [0, 0.05) is 7.05 Å². The summed E-state index contributed by atoms with van der Waals surface area (Å²) in [5.74, 6) is -0.351. The maximum Gasteiger partial charge on any atom is 0.341 e. The van der Waals surface area contributed by atoms with Crippen LogP contribution in [0.5, 0.6) is 0 Å². The molecular formula is C13H17BrN4O2. The molecule has 0 saturated heterocycles. The van der Waals surface area contributed by atoms with Gasteiger partial charge in [0.2, 0.25) is 0 Å². The average Bonchev–Trinajstić information content (AvgIpc) is 2.88.